The molecule has 0 aliphatic carbocycles. The van der Waals surface area contributed by atoms with Crippen molar-refractivity contribution in [3.8, 4) is 22.4 Å². The molecule has 2 aromatic carbocycles. The molecule has 0 bridgehead atoms. The molecule has 3 aromatic rings. The van der Waals surface area contributed by atoms with Gasteiger partial charge in [-0.3, -0.25) is 4.98 Å². The Morgan fingerprint density at radius 1 is 0.714 bits per heavy atom. The first-order valence-corrected chi connectivity index (χ1v) is 7.36. The fourth-order valence-electron chi connectivity index (χ4n) is 2.43. The van der Waals surface area contributed by atoms with E-state index in [0.29, 0.717) is 5.92 Å². The smallest absolute Gasteiger partial charge is 0.0704 e. The second-order valence-electron chi connectivity index (χ2n) is 5.57. The Morgan fingerprint density at radius 3 is 2.00 bits per heavy atom. The van der Waals surface area contributed by atoms with Crippen LogP contribution in [0.2, 0.25) is 0 Å². The van der Waals surface area contributed by atoms with Crippen LogP contribution in [0.3, 0.4) is 0 Å². The molecule has 0 aliphatic heterocycles. The summed E-state index contributed by atoms with van der Waals surface area (Å²) in [6, 6.07) is 23.3. The number of aromatic nitrogens is 1. The van der Waals surface area contributed by atoms with Gasteiger partial charge in [-0.25, -0.2) is 0 Å². The lowest BCUT2D eigenvalue weighted by Crippen LogP contribution is -1.90. The van der Waals surface area contributed by atoms with Gasteiger partial charge in [0.25, 0.3) is 0 Å². The van der Waals surface area contributed by atoms with E-state index >= 15 is 0 Å². The molecule has 104 valence electrons. The van der Waals surface area contributed by atoms with Gasteiger partial charge in [-0.15, -0.1) is 0 Å². The summed E-state index contributed by atoms with van der Waals surface area (Å²) in [5.74, 6) is 0.523. The monoisotopic (exact) mass is 273 g/mol. The second-order valence-corrected chi connectivity index (χ2v) is 5.57. The van der Waals surface area contributed by atoms with Gasteiger partial charge < -0.3 is 0 Å². The van der Waals surface area contributed by atoms with Gasteiger partial charge in [0, 0.05) is 11.8 Å². The van der Waals surface area contributed by atoms with Crippen LogP contribution in [-0.2, 0) is 0 Å². The molecule has 3 rings (SSSR count). The maximum Gasteiger partial charge on any atom is 0.0704 e. The molecule has 0 N–H and O–H groups in total. The van der Waals surface area contributed by atoms with Crippen LogP contribution >= 0.6 is 0 Å². The van der Waals surface area contributed by atoms with Gasteiger partial charge in [-0.2, -0.15) is 0 Å². The Balaban J connectivity index is 1.93. The predicted molar refractivity (Wildman–Crippen MR) is 89.2 cm³/mol. The Bertz CT molecular complexity index is 712. The van der Waals surface area contributed by atoms with Crippen LogP contribution in [0.4, 0.5) is 0 Å². The number of pyridine rings is 1. The van der Waals surface area contributed by atoms with E-state index in [1.165, 1.54) is 16.7 Å². The molecule has 1 heteroatoms. The number of hydrogen-bond donors (Lipinski definition) is 0. The van der Waals surface area contributed by atoms with Crippen molar-refractivity contribution in [2.45, 2.75) is 19.8 Å². The van der Waals surface area contributed by atoms with Crippen LogP contribution in [0.15, 0.2) is 72.9 Å². The molecule has 1 aromatic heterocycles. The quantitative estimate of drug-likeness (QED) is 0.610. The summed E-state index contributed by atoms with van der Waals surface area (Å²) in [6.45, 7) is 4.41. The predicted octanol–water partition coefficient (Wildman–Crippen LogP) is 5.54. The highest BCUT2D eigenvalue weighted by atomic mass is 14.7. The minimum atomic E-state index is 0.523. The summed E-state index contributed by atoms with van der Waals surface area (Å²) in [5.41, 5.74) is 6.01. The normalized spacial score (nSPS) is 10.8. The average molecular weight is 273 g/mol. The maximum absolute atomic E-state index is 4.49. The first kappa shape index (κ1) is 13.6. The zero-order valence-corrected chi connectivity index (χ0v) is 12.5. The number of rotatable bonds is 3. The summed E-state index contributed by atoms with van der Waals surface area (Å²) >= 11 is 0. The van der Waals surface area contributed by atoms with Gasteiger partial charge in [0.05, 0.1) is 5.69 Å². The van der Waals surface area contributed by atoms with Crippen molar-refractivity contribution in [1.29, 1.82) is 0 Å². The molecule has 0 atom stereocenters. The third-order valence-corrected chi connectivity index (χ3v) is 3.74. The van der Waals surface area contributed by atoms with E-state index in [1.807, 2.05) is 12.3 Å². The van der Waals surface area contributed by atoms with Crippen molar-refractivity contribution >= 4 is 0 Å². The maximum atomic E-state index is 4.49. The lowest BCUT2D eigenvalue weighted by Gasteiger charge is -2.08. The standard InChI is InChI=1S/C20H19N/c1-15(2)19-12-13-21-20(14-19)18-10-8-17(9-11-18)16-6-4-3-5-7-16/h3-15H,1-2H3. The van der Waals surface area contributed by atoms with Crippen molar-refractivity contribution in [3.05, 3.63) is 78.5 Å². The third kappa shape index (κ3) is 3.03. The van der Waals surface area contributed by atoms with Gasteiger partial charge in [0.1, 0.15) is 0 Å². The molecule has 0 aliphatic rings. The molecule has 0 spiro atoms. The minimum Gasteiger partial charge on any atom is -0.256 e. The first-order chi connectivity index (χ1) is 10.2. The van der Waals surface area contributed by atoms with E-state index < -0.39 is 0 Å². The number of hydrogen-bond acceptors (Lipinski definition) is 1. The van der Waals surface area contributed by atoms with E-state index in [2.05, 4.69) is 79.5 Å². The van der Waals surface area contributed by atoms with Crippen LogP contribution in [0.1, 0.15) is 25.3 Å². The Labute approximate surface area is 126 Å². The molecule has 1 heterocycles. The van der Waals surface area contributed by atoms with Gasteiger partial charge in [0.2, 0.25) is 0 Å². The van der Waals surface area contributed by atoms with E-state index in [0.717, 1.165) is 11.3 Å². The van der Waals surface area contributed by atoms with E-state index in [4.69, 9.17) is 0 Å². The molecule has 21 heavy (non-hydrogen) atoms. The summed E-state index contributed by atoms with van der Waals surface area (Å²) < 4.78 is 0. The second kappa shape index (κ2) is 5.92. The average Bonchev–Trinajstić information content (AvgIpc) is 2.56. The SMILES string of the molecule is CC(C)c1ccnc(-c2ccc(-c3ccccc3)cc2)c1. The molecule has 0 saturated carbocycles. The molecule has 0 fully saturated rings. The summed E-state index contributed by atoms with van der Waals surface area (Å²) in [5, 5.41) is 0. The lowest BCUT2D eigenvalue weighted by molar-refractivity contribution is 0.864. The molecular formula is C20H19N. The molecular weight excluding hydrogens is 254 g/mol. The Hall–Kier alpha value is -2.41. The number of benzene rings is 2. The van der Waals surface area contributed by atoms with E-state index in [9.17, 15) is 0 Å². The third-order valence-electron chi connectivity index (χ3n) is 3.74. The molecule has 0 saturated heterocycles. The van der Waals surface area contributed by atoms with Crippen molar-refractivity contribution < 1.29 is 0 Å². The number of nitrogens with zero attached hydrogens (tertiary/aromatic N) is 1. The van der Waals surface area contributed by atoms with E-state index in [-0.39, 0.29) is 0 Å². The van der Waals surface area contributed by atoms with Crippen LogP contribution in [0.25, 0.3) is 22.4 Å². The van der Waals surface area contributed by atoms with Gasteiger partial charge in [0.15, 0.2) is 0 Å². The Kier molecular flexibility index (Phi) is 3.83. The molecule has 0 radical (unpaired) electrons. The van der Waals surface area contributed by atoms with Crippen molar-refractivity contribution in [2.75, 3.05) is 0 Å². The molecule has 0 amide bonds. The van der Waals surface area contributed by atoms with Gasteiger partial charge >= 0.3 is 0 Å². The first-order valence-electron chi connectivity index (χ1n) is 7.36. The topological polar surface area (TPSA) is 12.9 Å². The fraction of sp³-hybridized carbons (Fsp3) is 0.150. The van der Waals surface area contributed by atoms with Crippen LogP contribution < -0.4 is 0 Å². The van der Waals surface area contributed by atoms with Crippen LogP contribution in [-0.4, -0.2) is 4.98 Å². The largest absolute Gasteiger partial charge is 0.256 e. The lowest BCUT2D eigenvalue weighted by atomic mass is 10.00. The fourth-order valence-corrected chi connectivity index (χ4v) is 2.43. The Morgan fingerprint density at radius 2 is 1.33 bits per heavy atom. The zero-order valence-electron chi connectivity index (χ0n) is 12.5. The molecule has 0 unspecified atom stereocenters. The highest BCUT2D eigenvalue weighted by molar-refractivity contribution is 5.68. The van der Waals surface area contributed by atoms with Crippen LogP contribution in [0.5, 0.6) is 0 Å². The van der Waals surface area contributed by atoms with Gasteiger partial charge in [-0.1, -0.05) is 68.4 Å². The summed E-state index contributed by atoms with van der Waals surface area (Å²) in [7, 11) is 0. The zero-order chi connectivity index (χ0) is 14.7. The molecule has 1 nitrogen and oxygen atoms in total. The van der Waals surface area contributed by atoms with E-state index in [1.54, 1.807) is 0 Å². The van der Waals surface area contributed by atoms with Crippen LogP contribution in [0, 0.1) is 0 Å². The minimum absolute atomic E-state index is 0.523. The van der Waals surface area contributed by atoms with Gasteiger partial charge in [-0.05, 0) is 34.7 Å². The van der Waals surface area contributed by atoms with Crippen molar-refractivity contribution in [2.24, 2.45) is 0 Å². The van der Waals surface area contributed by atoms with Crippen molar-refractivity contribution in [3.63, 3.8) is 0 Å². The van der Waals surface area contributed by atoms with Crippen molar-refractivity contribution in [1.82, 2.24) is 4.98 Å². The summed E-state index contributed by atoms with van der Waals surface area (Å²) in [4.78, 5) is 4.49. The summed E-state index contributed by atoms with van der Waals surface area (Å²) in [6.07, 6.45) is 1.90. The highest BCUT2D eigenvalue weighted by Crippen LogP contribution is 2.25. The highest BCUT2D eigenvalue weighted by Gasteiger charge is 2.04.